The maximum absolute atomic E-state index is 13.8. The van der Waals surface area contributed by atoms with Crippen LogP contribution in [-0.2, 0) is 11.0 Å². The highest BCUT2D eigenvalue weighted by molar-refractivity contribution is 5.99. The predicted molar refractivity (Wildman–Crippen MR) is 129 cm³/mol. The predicted octanol–water partition coefficient (Wildman–Crippen LogP) is 6.55. The van der Waals surface area contributed by atoms with Crippen molar-refractivity contribution in [2.24, 2.45) is 5.92 Å². The van der Waals surface area contributed by atoms with Crippen LogP contribution in [0, 0.1) is 19.8 Å². The molecule has 1 aliphatic rings. The van der Waals surface area contributed by atoms with Gasteiger partial charge in [-0.25, -0.2) is 0 Å². The Bertz CT molecular complexity index is 1200. The van der Waals surface area contributed by atoms with Crippen LogP contribution >= 0.6 is 0 Å². The second kappa shape index (κ2) is 9.94. The maximum atomic E-state index is 13.8. The third-order valence-corrected chi connectivity index (χ3v) is 6.52. The Morgan fingerprint density at radius 1 is 0.914 bits per heavy atom. The van der Waals surface area contributed by atoms with Gasteiger partial charge in [-0.3, -0.25) is 9.59 Å². The average molecular weight is 481 g/mol. The number of anilines is 1. The third-order valence-electron chi connectivity index (χ3n) is 6.52. The summed E-state index contributed by atoms with van der Waals surface area (Å²) >= 11 is 0. The largest absolute Gasteiger partial charge is 0.416 e. The van der Waals surface area contributed by atoms with Gasteiger partial charge in [0.2, 0.25) is 5.91 Å². The molecule has 182 valence electrons. The zero-order valence-electron chi connectivity index (χ0n) is 19.6. The normalized spacial score (nSPS) is 18.3. The van der Waals surface area contributed by atoms with Gasteiger partial charge in [0.15, 0.2) is 0 Å². The Labute approximate surface area is 202 Å². The maximum Gasteiger partial charge on any atom is 0.416 e. The van der Waals surface area contributed by atoms with Crippen molar-refractivity contribution >= 4 is 17.5 Å². The summed E-state index contributed by atoms with van der Waals surface area (Å²) in [6.45, 7) is 4.26. The SMILES string of the molecule is Cc1cccc(C)c1C(=O)N1CCC[C@H](C(=O)Nc2cccc(C(F)(F)F)c2)[C@@H]1c1ccccc1. The van der Waals surface area contributed by atoms with Crippen LogP contribution in [0.1, 0.15) is 51.5 Å². The van der Waals surface area contributed by atoms with E-state index in [4.69, 9.17) is 0 Å². The highest BCUT2D eigenvalue weighted by Gasteiger charge is 2.40. The van der Waals surface area contributed by atoms with E-state index >= 15 is 0 Å². The van der Waals surface area contributed by atoms with Gasteiger partial charge in [-0.15, -0.1) is 0 Å². The number of amides is 2. The number of piperidine rings is 1. The molecule has 2 atom stereocenters. The molecule has 7 heteroatoms. The number of alkyl halides is 3. The van der Waals surface area contributed by atoms with Gasteiger partial charge < -0.3 is 10.2 Å². The lowest BCUT2D eigenvalue weighted by Gasteiger charge is -2.41. The van der Waals surface area contributed by atoms with E-state index < -0.39 is 29.6 Å². The Morgan fingerprint density at radius 3 is 2.23 bits per heavy atom. The van der Waals surface area contributed by atoms with Crippen LogP contribution in [0.15, 0.2) is 72.8 Å². The van der Waals surface area contributed by atoms with E-state index in [0.29, 0.717) is 24.9 Å². The summed E-state index contributed by atoms with van der Waals surface area (Å²) in [4.78, 5) is 28.9. The van der Waals surface area contributed by atoms with Crippen LogP contribution in [-0.4, -0.2) is 23.3 Å². The van der Waals surface area contributed by atoms with Gasteiger partial charge in [0, 0.05) is 17.8 Å². The first-order chi connectivity index (χ1) is 16.7. The van der Waals surface area contributed by atoms with Crippen molar-refractivity contribution < 1.29 is 22.8 Å². The number of likely N-dealkylation sites (tertiary alicyclic amines) is 1. The van der Waals surface area contributed by atoms with E-state index in [9.17, 15) is 22.8 Å². The van der Waals surface area contributed by atoms with Crippen LogP contribution in [0.3, 0.4) is 0 Å². The van der Waals surface area contributed by atoms with Gasteiger partial charge in [-0.05, 0) is 61.6 Å². The lowest BCUT2D eigenvalue weighted by Crippen LogP contribution is -2.46. The minimum Gasteiger partial charge on any atom is -0.331 e. The third kappa shape index (κ3) is 5.24. The van der Waals surface area contributed by atoms with Crippen molar-refractivity contribution in [3.8, 4) is 0 Å². The Morgan fingerprint density at radius 2 is 1.57 bits per heavy atom. The lowest BCUT2D eigenvalue weighted by molar-refractivity contribution is -0.137. The summed E-state index contributed by atoms with van der Waals surface area (Å²) in [5.74, 6) is -1.17. The molecule has 0 bridgehead atoms. The molecule has 0 saturated carbocycles. The molecular formula is C28H27F3N2O2. The molecule has 1 N–H and O–H groups in total. The molecule has 3 aromatic rings. The van der Waals surface area contributed by atoms with E-state index in [2.05, 4.69) is 5.32 Å². The van der Waals surface area contributed by atoms with Crippen LogP contribution in [0.25, 0.3) is 0 Å². The second-order valence-corrected chi connectivity index (χ2v) is 8.94. The smallest absolute Gasteiger partial charge is 0.331 e. The summed E-state index contributed by atoms with van der Waals surface area (Å²) in [5.41, 5.74) is 2.40. The van der Waals surface area contributed by atoms with Gasteiger partial charge in [0.25, 0.3) is 5.91 Å². The number of halogens is 3. The number of rotatable bonds is 4. The van der Waals surface area contributed by atoms with Crippen molar-refractivity contribution in [1.29, 1.82) is 0 Å². The lowest BCUT2D eigenvalue weighted by atomic mass is 9.83. The molecule has 1 aliphatic heterocycles. The van der Waals surface area contributed by atoms with Crippen molar-refractivity contribution in [2.75, 3.05) is 11.9 Å². The fourth-order valence-electron chi connectivity index (χ4n) is 4.86. The highest BCUT2D eigenvalue weighted by atomic mass is 19.4. The zero-order valence-corrected chi connectivity index (χ0v) is 19.6. The monoisotopic (exact) mass is 480 g/mol. The molecule has 0 radical (unpaired) electrons. The quantitative estimate of drug-likeness (QED) is 0.460. The molecule has 1 saturated heterocycles. The minimum atomic E-state index is -4.51. The topological polar surface area (TPSA) is 49.4 Å². The Balaban J connectivity index is 1.68. The van der Waals surface area contributed by atoms with Gasteiger partial charge in [0.05, 0.1) is 17.5 Å². The summed E-state index contributed by atoms with van der Waals surface area (Å²) in [5, 5.41) is 2.67. The molecule has 1 heterocycles. The van der Waals surface area contributed by atoms with Crippen LogP contribution < -0.4 is 5.32 Å². The molecular weight excluding hydrogens is 453 g/mol. The summed E-state index contributed by atoms with van der Waals surface area (Å²) in [6.07, 6.45) is -3.38. The van der Waals surface area contributed by atoms with Crippen molar-refractivity contribution in [1.82, 2.24) is 4.90 Å². The fraction of sp³-hybridized carbons (Fsp3) is 0.286. The number of carbonyl (C=O) groups excluding carboxylic acids is 2. The molecule has 35 heavy (non-hydrogen) atoms. The molecule has 0 unspecified atom stereocenters. The Hall–Kier alpha value is -3.61. The zero-order chi connectivity index (χ0) is 25.2. The number of aryl methyl sites for hydroxylation is 2. The van der Waals surface area contributed by atoms with Crippen LogP contribution in [0.4, 0.5) is 18.9 Å². The highest BCUT2D eigenvalue weighted by Crippen LogP contribution is 2.39. The number of nitrogens with zero attached hydrogens (tertiary/aromatic N) is 1. The van der Waals surface area contributed by atoms with E-state index in [-0.39, 0.29) is 11.6 Å². The molecule has 0 aromatic heterocycles. The molecule has 2 amide bonds. The summed E-state index contributed by atoms with van der Waals surface area (Å²) in [6, 6.07) is 19.1. The number of carbonyl (C=O) groups is 2. The first-order valence-corrected chi connectivity index (χ1v) is 11.6. The number of benzene rings is 3. The Kier molecular flexibility index (Phi) is 6.96. The summed E-state index contributed by atoms with van der Waals surface area (Å²) < 4.78 is 39.5. The number of hydrogen-bond acceptors (Lipinski definition) is 2. The van der Waals surface area contributed by atoms with Gasteiger partial charge in [-0.1, -0.05) is 54.6 Å². The van der Waals surface area contributed by atoms with Crippen molar-refractivity contribution in [3.05, 3.63) is 101 Å². The number of hydrogen-bond donors (Lipinski definition) is 1. The molecule has 1 fully saturated rings. The standard InChI is InChI=1S/C28H27F3N2O2/c1-18-9-6-10-19(2)24(18)27(35)33-16-8-15-23(25(33)20-11-4-3-5-12-20)26(34)32-22-14-7-13-21(17-22)28(29,30)31/h3-7,9-14,17,23,25H,8,15-16H2,1-2H3,(H,32,34)/t23-,25-/m0/s1. The van der Waals surface area contributed by atoms with Gasteiger partial charge in [0.1, 0.15) is 0 Å². The van der Waals surface area contributed by atoms with Crippen LogP contribution in [0.5, 0.6) is 0 Å². The first kappa shape index (κ1) is 24.5. The van der Waals surface area contributed by atoms with E-state index in [0.717, 1.165) is 28.8 Å². The summed E-state index contributed by atoms with van der Waals surface area (Å²) in [7, 11) is 0. The molecule has 0 spiro atoms. The van der Waals surface area contributed by atoms with Gasteiger partial charge in [-0.2, -0.15) is 13.2 Å². The van der Waals surface area contributed by atoms with Gasteiger partial charge >= 0.3 is 6.18 Å². The van der Waals surface area contributed by atoms with Crippen LogP contribution in [0.2, 0.25) is 0 Å². The molecule has 0 aliphatic carbocycles. The second-order valence-electron chi connectivity index (χ2n) is 8.94. The molecule has 3 aromatic carbocycles. The van der Waals surface area contributed by atoms with E-state index in [1.807, 2.05) is 62.4 Å². The molecule has 4 rings (SSSR count). The fourth-order valence-corrected chi connectivity index (χ4v) is 4.86. The molecule has 4 nitrogen and oxygen atoms in total. The first-order valence-electron chi connectivity index (χ1n) is 11.6. The average Bonchev–Trinajstić information content (AvgIpc) is 2.83. The number of nitrogens with one attached hydrogen (secondary N) is 1. The minimum absolute atomic E-state index is 0.0786. The van der Waals surface area contributed by atoms with E-state index in [1.165, 1.54) is 12.1 Å². The van der Waals surface area contributed by atoms with Crippen molar-refractivity contribution in [3.63, 3.8) is 0 Å². The van der Waals surface area contributed by atoms with E-state index in [1.54, 1.807) is 4.90 Å². The van der Waals surface area contributed by atoms with Crippen molar-refractivity contribution in [2.45, 2.75) is 38.9 Å².